The molecule has 0 saturated carbocycles. The number of fused-ring (bicyclic) bond motifs is 1. The van der Waals surface area contributed by atoms with E-state index in [-0.39, 0.29) is 0 Å². The Hall–Kier alpha value is -0.930. The van der Waals surface area contributed by atoms with Crippen molar-refractivity contribution in [2.24, 2.45) is 0 Å². The minimum absolute atomic E-state index is 0.643. The van der Waals surface area contributed by atoms with E-state index in [2.05, 4.69) is 5.32 Å². The standard InChI is InChI=1S/C12H16ClNO2/c1-15-10-7-8-3-5-14-6-4-9(8)11(13)12(10)16-2/h7,14H,3-6H2,1-2H3. The number of ether oxygens (including phenoxy) is 2. The third-order valence-electron chi connectivity index (χ3n) is 2.93. The number of hydrogen-bond acceptors (Lipinski definition) is 3. The highest BCUT2D eigenvalue weighted by atomic mass is 35.5. The van der Waals surface area contributed by atoms with E-state index in [1.807, 2.05) is 6.07 Å². The summed E-state index contributed by atoms with van der Waals surface area (Å²) in [5.41, 5.74) is 2.44. The molecule has 4 heteroatoms. The van der Waals surface area contributed by atoms with Gasteiger partial charge in [0.05, 0.1) is 19.2 Å². The lowest BCUT2D eigenvalue weighted by molar-refractivity contribution is 0.354. The van der Waals surface area contributed by atoms with Gasteiger partial charge in [0.15, 0.2) is 11.5 Å². The fourth-order valence-electron chi connectivity index (χ4n) is 2.09. The van der Waals surface area contributed by atoms with Crippen molar-refractivity contribution < 1.29 is 9.47 Å². The Labute approximate surface area is 101 Å². The summed E-state index contributed by atoms with van der Waals surface area (Å²) in [6, 6.07) is 2.03. The Morgan fingerprint density at radius 2 is 1.94 bits per heavy atom. The number of nitrogens with one attached hydrogen (secondary N) is 1. The maximum atomic E-state index is 6.35. The van der Waals surface area contributed by atoms with Crippen molar-refractivity contribution in [2.75, 3.05) is 27.3 Å². The number of rotatable bonds is 2. The van der Waals surface area contributed by atoms with Gasteiger partial charge in [0.25, 0.3) is 0 Å². The smallest absolute Gasteiger partial charge is 0.179 e. The molecule has 1 N–H and O–H groups in total. The molecule has 16 heavy (non-hydrogen) atoms. The molecular weight excluding hydrogens is 226 g/mol. The van der Waals surface area contributed by atoms with Gasteiger partial charge in [-0.05, 0) is 43.1 Å². The summed E-state index contributed by atoms with van der Waals surface area (Å²) < 4.78 is 10.6. The van der Waals surface area contributed by atoms with Gasteiger partial charge in [-0.3, -0.25) is 0 Å². The van der Waals surface area contributed by atoms with Gasteiger partial charge >= 0.3 is 0 Å². The molecule has 1 aliphatic heterocycles. The van der Waals surface area contributed by atoms with Gasteiger partial charge in [0.1, 0.15) is 0 Å². The average Bonchev–Trinajstić information content (AvgIpc) is 2.54. The topological polar surface area (TPSA) is 30.5 Å². The van der Waals surface area contributed by atoms with Crippen molar-refractivity contribution in [3.63, 3.8) is 0 Å². The Bertz CT molecular complexity index is 393. The molecular formula is C12H16ClNO2. The predicted molar refractivity (Wildman–Crippen MR) is 64.8 cm³/mol. The van der Waals surface area contributed by atoms with E-state index in [1.165, 1.54) is 11.1 Å². The molecule has 0 atom stereocenters. The molecule has 0 aromatic heterocycles. The second-order valence-corrected chi connectivity index (χ2v) is 4.19. The quantitative estimate of drug-likeness (QED) is 0.860. The third kappa shape index (κ3) is 1.97. The Kier molecular flexibility index (Phi) is 3.56. The van der Waals surface area contributed by atoms with Crippen LogP contribution < -0.4 is 14.8 Å². The van der Waals surface area contributed by atoms with E-state index in [0.29, 0.717) is 16.5 Å². The largest absolute Gasteiger partial charge is 0.493 e. The van der Waals surface area contributed by atoms with Crippen molar-refractivity contribution in [3.05, 3.63) is 22.2 Å². The lowest BCUT2D eigenvalue weighted by Crippen LogP contribution is -2.16. The molecule has 2 rings (SSSR count). The number of hydrogen-bond donors (Lipinski definition) is 1. The van der Waals surface area contributed by atoms with Gasteiger partial charge < -0.3 is 14.8 Å². The molecule has 0 fully saturated rings. The fourth-order valence-corrected chi connectivity index (χ4v) is 2.48. The third-order valence-corrected chi connectivity index (χ3v) is 3.33. The summed E-state index contributed by atoms with van der Waals surface area (Å²) in [7, 11) is 3.25. The van der Waals surface area contributed by atoms with Crippen LogP contribution in [0.3, 0.4) is 0 Å². The van der Waals surface area contributed by atoms with Crippen LogP contribution in [-0.4, -0.2) is 27.3 Å². The number of halogens is 1. The van der Waals surface area contributed by atoms with Crippen molar-refractivity contribution in [1.82, 2.24) is 5.32 Å². The van der Waals surface area contributed by atoms with Crippen LogP contribution in [0.15, 0.2) is 6.07 Å². The highest BCUT2D eigenvalue weighted by molar-refractivity contribution is 6.33. The second kappa shape index (κ2) is 4.93. The summed E-state index contributed by atoms with van der Waals surface area (Å²) >= 11 is 6.35. The zero-order valence-electron chi connectivity index (χ0n) is 9.60. The maximum Gasteiger partial charge on any atom is 0.179 e. The molecule has 1 aliphatic rings. The van der Waals surface area contributed by atoms with E-state index < -0.39 is 0 Å². The highest BCUT2D eigenvalue weighted by Crippen LogP contribution is 2.40. The van der Waals surface area contributed by atoms with Crippen LogP contribution in [0.2, 0.25) is 5.02 Å². The molecule has 0 saturated heterocycles. The Balaban J connectivity index is 2.54. The Morgan fingerprint density at radius 1 is 1.19 bits per heavy atom. The lowest BCUT2D eigenvalue weighted by atomic mass is 10.0. The van der Waals surface area contributed by atoms with Crippen molar-refractivity contribution in [1.29, 1.82) is 0 Å². The average molecular weight is 242 g/mol. The van der Waals surface area contributed by atoms with Crippen molar-refractivity contribution in [2.45, 2.75) is 12.8 Å². The van der Waals surface area contributed by atoms with Crippen molar-refractivity contribution in [3.8, 4) is 11.5 Å². The number of methoxy groups -OCH3 is 2. The normalized spacial score (nSPS) is 15.2. The van der Waals surface area contributed by atoms with Gasteiger partial charge in [0.2, 0.25) is 0 Å². The van der Waals surface area contributed by atoms with E-state index in [1.54, 1.807) is 14.2 Å². The first kappa shape index (κ1) is 11.6. The molecule has 0 amide bonds. The molecule has 1 aromatic carbocycles. The highest BCUT2D eigenvalue weighted by Gasteiger charge is 2.19. The lowest BCUT2D eigenvalue weighted by Gasteiger charge is -2.15. The summed E-state index contributed by atoms with van der Waals surface area (Å²) in [4.78, 5) is 0. The van der Waals surface area contributed by atoms with Crippen LogP contribution in [0.5, 0.6) is 11.5 Å². The van der Waals surface area contributed by atoms with Gasteiger partial charge in [-0.15, -0.1) is 0 Å². The molecule has 3 nitrogen and oxygen atoms in total. The van der Waals surface area contributed by atoms with Crippen LogP contribution in [0.4, 0.5) is 0 Å². The van der Waals surface area contributed by atoms with Crippen LogP contribution in [0.25, 0.3) is 0 Å². The van der Waals surface area contributed by atoms with Gasteiger partial charge in [-0.1, -0.05) is 11.6 Å². The van der Waals surface area contributed by atoms with E-state index >= 15 is 0 Å². The molecule has 0 aliphatic carbocycles. The summed E-state index contributed by atoms with van der Waals surface area (Å²) in [5.74, 6) is 1.36. The SMILES string of the molecule is COc1cc2c(c(Cl)c1OC)CCNCC2. The zero-order valence-corrected chi connectivity index (χ0v) is 10.4. The molecule has 0 bridgehead atoms. The van der Waals surface area contributed by atoms with Crippen LogP contribution in [-0.2, 0) is 12.8 Å². The maximum absolute atomic E-state index is 6.35. The molecule has 0 spiro atoms. The number of benzene rings is 1. The monoisotopic (exact) mass is 241 g/mol. The molecule has 88 valence electrons. The van der Waals surface area contributed by atoms with E-state index in [0.717, 1.165) is 25.9 Å². The van der Waals surface area contributed by atoms with Crippen molar-refractivity contribution >= 4 is 11.6 Å². The summed E-state index contributed by atoms with van der Waals surface area (Å²) in [6.45, 7) is 1.95. The zero-order chi connectivity index (χ0) is 11.5. The van der Waals surface area contributed by atoms with E-state index in [9.17, 15) is 0 Å². The summed E-state index contributed by atoms with van der Waals surface area (Å²) in [6.07, 6.45) is 1.92. The van der Waals surface area contributed by atoms with Gasteiger partial charge in [-0.2, -0.15) is 0 Å². The first-order valence-corrected chi connectivity index (χ1v) is 5.78. The predicted octanol–water partition coefficient (Wildman–Crippen LogP) is 2.05. The minimum Gasteiger partial charge on any atom is -0.493 e. The van der Waals surface area contributed by atoms with Crippen LogP contribution in [0.1, 0.15) is 11.1 Å². The minimum atomic E-state index is 0.643. The van der Waals surface area contributed by atoms with Crippen LogP contribution >= 0.6 is 11.6 Å². The molecule has 1 aromatic rings. The molecule has 0 unspecified atom stereocenters. The van der Waals surface area contributed by atoms with E-state index in [4.69, 9.17) is 21.1 Å². The first-order valence-electron chi connectivity index (χ1n) is 5.41. The molecule has 0 radical (unpaired) electrons. The Morgan fingerprint density at radius 3 is 2.62 bits per heavy atom. The molecule has 1 heterocycles. The fraction of sp³-hybridized carbons (Fsp3) is 0.500. The summed E-state index contributed by atoms with van der Waals surface area (Å²) in [5, 5.41) is 4.05. The van der Waals surface area contributed by atoms with Crippen LogP contribution in [0, 0.1) is 0 Å². The van der Waals surface area contributed by atoms with Gasteiger partial charge in [-0.25, -0.2) is 0 Å². The van der Waals surface area contributed by atoms with Gasteiger partial charge in [0, 0.05) is 0 Å². The first-order chi connectivity index (χ1) is 7.77. The second-order valence-electron chi connectivity index (χ2n) is 3.81.